The molecule has 0 aliphatic carbocycles. The maximum Gasteiger partial charge on any atom is 0.249 e. The molecule has 3 amide bonds. The summed E-state index contributed by atoms with van der Waals surface area (Å²) in [4.78, 5) is 49.9. The second-order valence-electron chi connectivity index (χ2n) is 15.7. The molecule has 1 spiro atoms. The monoisotopic (exact) mass is 635 g/mol. The van der Waals surface area contributed by atoms with Crippen LogP contribution in [0.5, 0.6) is 0 Å². The van der Waals surface area contributed by atoms with Gasteiger partial charge < -0.3 is 24.5 Å². The van der Waals surface area contributed by atoms with E-state index >= 15 is 4.79 Å². The van der Waals surface area contributed by atoms with Gasteiger partial charge >= 0.3 is 0 Å². The Morgan fingerprint density at radius 2 is 1.65 bits per heavy atom. The molecule has 3 heterocycles. The average Bonchev–Trinajstić information content (AvgIpc) is 3.49. The number of aliphatic hydroxyl groups excluding tert-OH is 1. The number of anilines is 1. The van der Waals surface area contributed by atoms with Crippen LogP contribution in [0.15, 0.2) is 55.6 Å². The number of hydrogen-bond donors (Lipinski definition) is 1. The Labute approximate surface area is 276 Å². The van der Waals surface area contributed by atoms with Gasteiger partial charge in [0.25, 0.3) is 0 Å². The third-order valence-electron chi connectivity index (χ3n) is 10.5. The molecule has 8 nitrogen and oxygen atoms in total. The molecule has 4 rings (SSSR count). The molecule has 2 bridgehead atoms. The molecule has 8 heteroatoms. The summed E-state index contributed by atoms with van der Waals surface area (Å²) in [6, 6.07) is 8.62. The second kappa shape index (κ2) is 13.6. The average molecular weight is 636 g/mol. The van der Waals surface area contributed by atoms with Gasteiger partial charge in [-0.2, -0.15) is 0 Å². The van der Waals surface area contributed by atoms with E-state index in [9.17, 15) is 14.7 Å². The van der Waals surface area contributed by atoms with E-state index in [4.69, 9.17) is 4.74 Å². The first-order valence-electron chi connectivity index (χ1n) is 17.1. The number of ether oxygens (including phenoxy) is 1. The largest absolute Gasteiger partial charge is 0.396 e. The predicted octanol–water partition coefficient (Wildman–Crippen LogP) is 6.00. The number of unbranched alkanes of at least 4 members (excludes halogenated alkanes) is 3. The van der Waals surface area contributed by atoms with Crippen molar-refractivity contribution < 1.29 is 24.2 Å². The quantitative estimate of drug-likeness (QED) is 0.189. The minimum absolute atomic E-state index is 0.0459. The van der Waals surface area contributed by atoms with Gasteiger partial charge in [-0.25, -0.2) is 0 Å². The molecule has 3 aliphatic rings. The predicted molar refractivity (Wildman–Crippen MR) is 183 cm³/mol. The van der Waals surface area contributed by atoms with E-state index < -0.39 is 34.6 Å². The summed E-state index contributed by atoms with van der Waals surface area (Å²) in [5.74, 6) is -2.08. The Morgan fingerprint density at radius 1 is 1.02 bits per heavy atom. The minimum atomic E-state index is -1.12. The number of amides is 3. The summed E-state index contributed by atoms with van der Waals surface area (Å²) >= 11 is 0. The molecular weight excluding hydrogens is 578 g/mol. The number of fused-ring (bicyclic) bond motifs is 1. The standard InChI is InChI=1S/C38H57N3O5/c1-10-21-39(28-19-15-14-16-20-28)32(43)29-30-33(44)40(23-17-12-13-18-24-42)31(38(30)25-27(3)37(29,9)46-38)34(45)41(22-11-2)36(7,8)26-35(4,5)6/h10-11,14-16,19-20,27,29-31,42H,1-2,12-13,17-18,21-26H2,3-9H3/t27?,29-,30+,31?,37+,38?/m1/s1. The van der Waals surface area contributed by atoms with Crippen molar-refractivity contribution in [3.63, 3.8) is 0 Å². The SMILES string of the molecule is C=CCN(C(=O)[C@H]1[C@H]2C(=O)N(CCCCCCO)C(C(=O)N(CC=C)C(C)(C)CC(C)(C)C)C23CC(C)[C@]1(C)O3)c1ccccc1. The fourth-order valence-corrected chi connectivity index (χ4v) is 8.91. The molecular formula is C38H57N3O5. The maximum absolute atomic E-state index is 15.1. The molecule has 1 aromatic carbocycles. The lowest BCUT2D eigenvalue weighted by Crippen LogP contribution is -2.61. The molecule has 0 radical (unpaired) electrons. The molecule has 3 aliphatic heterocycles. The number of aliphatic hydroxyl groups is 1. The number of likely N-dealkylation sites (tertiary alicyclic amines) is 1. The van der Waals surface area contributed by atoms with Crippen molar-refractivity contribution >= 4 is 23.4 Å². The van der Waals surface area contributed by atoms with Gasteiger partial charge in [0.05, 0.1) is 17.4 Å². The van der Waals surface area contributed by atoms with Crippen molar-refractivity contribution in [1.29, 1.82) is 0 Å². The number of hydrogen-bond acceptors (Lipinski definition) is 5. The lowest BCUT2D eigenvalue weighted by Gasteiger charge is -2.45. The van der Waals surface area contributed by atoms with E-state index in [0.717, 1.165) is 24.9 Å². The summed E-state index contributed by atoms with van der Waals surface area (Å²) in [7, 11) is 0. The van der Waals surface area contributed by atoms with Crippen LogP contribution >= 0.6 is 0 Å². The Hall–Kier alpha value is -2.97. The molecule has 1 aromatic rings. The van der Waals surface area contributed by atoms with Crippen LogP contribution in [0.2, 0.25) is 0 Å². The molecule has 0 saturated carbocycles. The van der Waals surface area contributed by atoms with E-state index in [0.29, 0.717) is 38.9 Å². The van der Waals surface area contributed by atoms with Gasteiger partial charge in [0, 0.05) is 37.5 Å². The van der Waals surface area contributed by atoms with Crippen molar-refractivity contribution in [1.82, 2.24) is 9.80 Å². The van der Waals surface area contributed by atoms with Crippen molar-refractivity contribution in [3.05, 3.63) is 55.6 Å². The van der Waals surface area contributed by atoms with E-state index in [2.05, 4.69) is 54.7 Å². The molecule has 46 heavy (non-hydrogen) atoms. The van der Waals surface area contributed by atoms with Crippen LogP contribution in [0.25, 0.3) is 0 Å². The summed E-state index contributed by atoms with van der Waals surface area (Å²) in [5, 5.41) is 9.30. The number of rotatable bonds is 15. The zero-order valence-corrected chi connectivity index (χ0v) is 29.3. The van der Waals surface area contributed by atoms with Crippen LogP contribution in [0.1, 0.15) is 87.0 Å². The topological polar surface area (TPSA) is 90.4 Å². The van der Waals surface area contributed by atoms with Gasteiger partial charge in [-0.15, -0.1) is 13.2 Å². The lowest BCUT2D eigenvalue weighted by molar-refractivity contribution is -0.156. The third kappa shape index (κ3) is 6.44. The van der Waals surface area contributed by atoms with E-state index in [-0.39, 0.29) is 35.7 Å². The molecule has 3 saturated heterocycles. The van der Waals surface area contributed by atoms with Crippen molar-refractivity contribution in [2.75, 3.05) is 31.1 Å². The number of benzene rings is 1. The minimum Gasteiger partial charge on any atom is -0.396 e. The summed E-state index contributed by atoms with van der Waals surface area (Å²) in [6.07, 6.45) is 7.79. The Kier molecular flexibility index (Phi) is 10.6. The number of para-hydroxylation sites is 1. The van der Waals surface area contributed by atoms with Crippen molar-refractivity contribution in [3.8, 4) is 0 Å². The van der Waals surface area contributed by atoms with Gasteiger partial charge in [0.15, 0.2) is 0 Å². The fraction of sp³-hybridized carbons (Fsp3) is 0.658. The maximum atomic E-state index is 15.1. The van der Waals surface area contributed by atoms with Crippen LogP contribution in [-0.2, 0) is 19.1 Å². The van der Waals surface area contributed by atoms with Gasteiger partial charge in [0.1, 0.15) is 11.6 Å². The summed E-state index contributed by atoms with van der Waals surface area (Å²) < 4.78 is 7.06. The highest BCUT2D eigenvalue weighted by Crippen LogP contribution is 2.65. The molecule has 3 unspecified atom stereocenters. The first kappa shape index (κ1) is 35.9. The van der Waals surface area contributed by atoms with Crippen LogP contribution in [0, 0.1) is 23.2 Å². The lowest BCUT2D eigenvalue weighted by atomic mass is 9.62. The van der Waals surface area contributed by atoms with Crippen molar-refractivity contribution in [2.24, 2.45) is 23.2 Å². The highest BCUT2D eigenvalue weighted by molar-refractivity contribution is 6.03. The molecule has 1 N–H and O–H groups in total. The Bertz CT molecular complexity index is 1290. The van der Waals surface area contributed by atoms with Crippen molar-refractivity contribution in [2.45, 2.75) is 110 Å². The smallest absolute Gasteiger partial charge is 0.249 e. The van der Waals surface area contributed by atoms with E-state index in [1.165, 1.54) is 0 Å². The van der Waals surface area contributed by atoms with Gasteiger partial charge in [-0.05, 0) is 69.9 Å². The van der Waals surface area contributed by atoms with Gasteiger partial charge in [-0.1, -0.05) is 70.9 Å². The Balaban J connectivity index is 1.82. The van der Waals surface area contributed by atoms with Crippen LogP contribution in [0.4, 0.5) is 5.69 Å². The Morgan fingerprint density at radius 3 is 2.24 bits per heavy atom. The van der Waals surface area contributed by atoms with E-state index in [1.54, 1.807) is 22.0 Å². The third-order valence-corrected chi connectivity index (χ3v) is 10.5. The fourth-order valence-electron chi connectivity index (χ4n) is 8.91. The molecule has 6 atom stereocenters. The number of carbonyl (C=O) groups is 3. The van der Waals surface area contributed by atoms with Crippen LogP contribution in [-0.4, -0.2) is 81.7 Å². The number of carbonyl (C=O) groups excluding carboxylic acids is 3. The first-order valence-corrected chi connectivity index (χ1v) is 17.1. The van der Waals surface area contributed by atoms with Crippen LogP contribution < -0.4 is 4.90 Å². The zero-order valence-electron chi connectivity index (χ0n) is 29.3. The second-order valence-corrected chi connectivity index (χ2v) is 15.7. The van der Waals surface area contributed by atoms with Gasteiger partial charge in [-0.3, -0.25) is 14.4 Å². The number of nitrogens with zero attached hydrogens (tertiary/aromatic N) is 3. The van der Waals surface area contributed by atoms with E-state index in [1.807, 2.05) is 42.2 Å². The molecule has 3 fully saturated rings. The zero-order chi connectivity index (χ0) is 34.1. The van der Waals surface area contributed by atoms with Gasteiger partial charge in [0.2, 0.25) is 17.7 Å². The molecule has 254 valence electrons. The summed E-state index contributed by atoms with van der Waals surface area (Å²) in [5.41, 5.74) is -1.87. The van der Waals surface area contributed by atoms with Crippen LogP contribution in [0.3, 0.4) is 0 Å². The normalized spacial score (nSPS) is 28.7. The molecule has 0 aromatic heterocycles. The highest BCUT2D eigenvalue weighted by Gasteiger charge is 2.80. The first-order chi connectivity index (χ1) is 21.6. The highest BCUT2D eigenvalue weighted by atomic mass is 16.5. The summed E-state index contributed by atoms with van der Waals surface area (Å²) in [6.45, 7) is 23.8.